The summed E-state index contributed by atoms with van der Waals surface area (Å²) in [6, 6.07) is 7.85. The van der Waals surface area contributed by atoms with Gasteiger partial charge in [0.05, 0.1) is 5.92 Å². The van der Waals surface area contributed by atoms with Crippen molar-refractivity contribution in [3.8, 4) is 0 Å². The lowest BCUT2D eigenvalue weighted by atomic mass is 10.2. The maximum absolute atomic E-state index is 10.8. The van der Waals surface area contributed by atoms with Gasteiger partial charge in [0, 0.05) is 24.7 Å². The number of fused-ring (bicyclic) bond motifs is 1. The summed E-state index contributed by atoms with van der Waals surface area (Å²) >= 11 is 5.83. The van der Waals surface area contributed by atoms with E-state index in [1.165, 1.54) is 5.56 Å². The molecular weight excluding hydrogens is 238 g/mol. The van der Waals surface area contributed by atoms with E-state index in [-0.39, 0.29) is 5.92 Å². The second-order valence-electron chi connectivity index (χ2n) is 5.01. The minimum absolute atomic E-state index is 0.0727. The Balaban J connectivity index is 1.57. The summed E-state index contributed by atoms with van der Waals surface area (Å²) in [5.74, 6) is 0.0854. The molecule has 0 bridgehead atoms. The largest absolute Gasteiger partial charge is 0.481 e. The van der Waals surface area contributed by atoms with E-state index in [1.807, 2.05) is 24.3 Å². The second kappa shape index (κ2) is 4.00. The third-order valence-corrected chi connectivity index (χ3v) is 4.13. The third-order valence-electron chi connectivity index (χ3n) is 3.87. The zero-order valence-electron chi connectivity index (χ0n) is 9.34. The van der Waals surface area contributed by atoms with Gasteiger partial charge in [-0.05, 0) is 29.5 Å². The minimum atomic E-state index is -0.619. The fraction of sp³-hybridized carbons (Fsp3) is 0.462. The van der Waals surface area contributed by atoms with E-state index < -0.39 is 5.97 Å². The molecule has 4 heteroatoms. The molecule has 0 radical (unpaired) electrons. The number of rotatable bonds is 3. The fourth-order valence-corrected chi connectivity index (χ4v) is 3.08. The van der Waals surface area contributed by atoms with Gasteiger partial charge in [-0.25, -0.2) is 0 Å². The summed E-state index contributed by atoms with van der Waals surface area (Å²) in [4.78, 5) is 13.2. The average Bonchev–Trinajstić information content (AvgIpc) is 2.81. The van der Waals surface area contributed by atoms with Crippen molar-refractivity contribution in [2.45, 2.75) is 6.54 Å². The highest BCUT2D eigenvalue weighted by Gasteiger charge is 2.59. The van der Waals surface area contributed by atoms with Crippen LogP contribution in [0.1, 0.15) is 5.56 Å². The van der Waals surface area contributed by atoms with E-state index in [2.05, 4.69) is 4.90 Å². The van der Waals surface area contributed by atoms with Crippen molar-refractivity contribution in [2.75, 3.05) is 13.1 Å². The first kappa shape index (κ1) is 11.1. The molecule has 0 amide bonds. The summed E-state index contributed by atoms with van der Waals surface area (Å²) in [7, 11) is 0. The molecular formula is C13H14ClNO2. The lowest BCUT2D eigenvalue weighted by Gasteiger charge is -2.18. The van der Waals surface area contributed by atoms with Crippen molar-refractivity contribution in [3.63, 3.8) is 0 Å². The average molecular weight is 252 g/mol. The van der Waals surface area contributed by atoms with Crippen LogP contribution in [0.25, 0.3) is 0 Å². The lowest BCUT2D eigenvalue weighted by Crippen LogP contribution is -2.25. The Morgan fingerprint density at radius 1 is 1.29 bits per heavy atom. The summed E-state index contributed by atoms with van der Waals surface area (Å²) in [6.45, 7) is 2.74. The van der Waals surface area contributed by atoms with Gasteiger partial charge in [-0.3, -0.25) is 9.69 Å². The van der Waals surface area contributed by atoms with Crippen LogP contribution in [0.2, 0.25) is 5.02 Å². The van der Waals surface area contributed by atoms with Gasteiger partial charge in [0.15, 0.2) is 0 Å². The summed E-state index contributed by atoms with van der Waals surface area (Å²) < 4.78 is 0. The maximum Gasteiger partial charge on any atom is 0.307 e. The van der Waals surface area contributed by atoms with E-state index in [1.54, 1.807) is 0 Å². The Morgan fingerprint density at radius 3 is 2.41 bits per heavy atom. The zero-order chi connectivity index (χ0) is 12.0. The first-order chi connectivity index (χ1) is 8.15. The summed E-state index contributed by atoms with van der Waals surface area (Å²) in [6.07, 6.45) is 0. The van der Waals surface area contributed by atoms with Gasteiger partial charge in [-0.2, -0.15) is 0 Å². The van der Waals surface area contributed by atoms with Crippen LogP contribution in [-0.2, 0) is 11.3 Å². The quantitative estimate of drug-likeness (QED) is 0.895. The van der Waals surface area contributed by atoms with Gasteiger partial charge < -0.3 is 5.11 Å². The maximum atomic E-state index is 10.8. The van der Waals surface area contributed by atoms with Crippen molar-refractivity contribution in [1.29, 1.82) is 0 Å². The number of halogens is 1. The van der Waals surface area contributed by atoms with Crippen LogP contribution < -0.4 is 0 Å². The predicted octanol–water partition coefficient (Wildman–Crippen LogP) is 2.10. The molecule has 1 aliphatic heterocycles. The molecule has 2 atom stereocenters. The van der Waals surface area contributed by atoms with Crippen LogP contribution in [0, 0.1) is 17.8 Å². The molecule has 2 unspecified atom stereocenters. The molecule has 2 aliphatic rings. The number of carboxylic acids is 1. The Labute approximate surface area is 105 Å². The minimum Gasteiger partial charge on any atom is -0.481 e. The number of hydrogen-bond donors (Lipinski definition) is 1. The number of carbonyl (C=O) groups is 1. The molecule has 2 fully saturated rings. The molecule has 3 nitrogen and oxygen atoms in total. The van der Waals surface area contributed by atoms with Crippen LogP contribution in [0.5, 0.6) is 0 Å². The van der Waals surface area contributed by atoms with Gasteiger partial charge in [0.1, 0.15) is 0 Å². The number of piperidine rings is 1. The van der Waals surface area contributed by atoms with Crippen molar-refractivity contribution >= 4 is 17.6 Å². The first-order valence-corrected chi connectivity index (χ1v) is 6.22. The van der Waals surface area contributed by atoms with Gasteiger partial charge in [-0.1, -0.05) is 23.7 Å². The molecule has 1 N–H and O–H groups in total. The van der Waals surface area contributed by atoms with Gasteiger partial charge in [-0.15, -0.1) is 0 Å². The van der Waals surface area contributed by atoms with Gasteiger partial charge in [0.25, 0.3) is 0 Å². The van der Waals surface area contributed by atoms with E-state index in [4.69, 9.17) is 16.7 Å². The Hall–Kier alpha value is -1.06. The van der Waals surface area contributed by atoms with Crippen molar-refractivity contribution in [2.24, 2.45) is 17.8 Å². The molecule has 1 aromatic rings. The van der Waals surface area contributed by atoms with Gasteiger partial charge in [0.2, 0.25) is 0 Å². The highest BCUT2D eigenvalue weighted by atomic mass is 35.5. The number of aliphatic carboxylic acids is 1. The van der Waals surface area contributed by atoms with E-state index in [0.717, 1.165) is 24.7 Å². The SMILES string of the molecule is O=C(O)C1C2CN(Cc3ccc(Cl)cc3)CC21. The highest BCUT2D eigenvalue weighted by Crippen LogP contribution is 2.51. The van der Waals surface area contributed by atoms with Crippen molar-refractivity contribution in [3.05, 3.63) is 34.9 Å². The number of hydrogen-bond acceptors (Lipinski definition) is 2. The van der Waals surface area contributed by atoms with Crippen LogP contribution in [0.3, 0.4) is 0 Å². The van der Waals surface area contributed by atoms with Crippen LogP contribution in [0.4, 0.5) is 0 Å². The Morgan fingerprint density at radius 2 is 1.88 bits per heavy atom. The van der Waals surface area contributed by atoms with E-state index in [9.17, 15) is 4.79 Å². The Bertz CT molecular complexity index is 433. The van der Waals surface area contributed by atoms with Gasteiger partial charge >= 0.3 is 5.97 Å². The standard InChI is InChI=1S/C13H14ClNO2/c14-9-3-1-8(2-4-9)5-15-6-10-11(7-15)12(10)13(16)17/h1-4,10-12H,5-7H2,(H,16,17). The lowest BCUT2D eigenvalue weighted by molar-refractivity contribution is -0.139. The molecule has 1 aliphatic carbocycles. The second-order valence-corrected chi connectivity index (χ2v) is 5.45. The topological polar surface area (TPSA) is 40.5 Å². The predicted molar refractivity (Wildman–Crippen MR) is 64.8 cm³/mol. The smallest absolute Gasteiger partial charge is 0.307 e. The van der Waals surface area contributed by atoms with Crippen LogP contribution in [-0.4, -0.2) is 29.1 Å². The zero-order valence-corrected chi connectivity index (χ0v) is 10.1. The summed E-state index contributed by atoms with van der Waals surface area (Å²) in [5.41, 5.74) is 1.24. The van der Waals surface area contributed by atoms with E-state index >= 15 is 0 Å². The molecule has 0 aromatic heterocycles. The monoisotopic (exact) mass is 251 g/mol. The van der Waals surface area contributed by atoms with Crippen molar-refractivity contribution in [1.82, 2.24) is 4.90 Å². The van der Waals surface area contributed by atoms with Crippen LogP contribution in [0.15, 0.2) is 24.3 Å². The molecule has 17 heavy (non-hydrogen) atoms. The normalized spacial score (nSPS) is 31.2. The summed E-state index contributed by atoms with van der Waals surface area (Å²) in [5, 5.41) is 9.69. The first-order valence-electron chi connectivity index (χ1n) is 5.85. The number of nitrogens with zero attached hydrogens (tertiary/aromatic N) is 1. The number of carboxylic acid groups (broad SMARTS) is 1. The molecule has 90 valence electrons. The molecule has 0 spiro atoms. The number of likely N-dealkylation sites (tertiary alicyclic amines) is 1. The van der Waals surface area contributed by atoms with E-state index in [0.29, 0.717) is 11.8 Å². The molecule has 1 saturated carbocycles. The molecule has 1 heterocycles. The fourth-order valence-electron chi connectivity index (χ4n) is 2.96. The molecule has 3 rings (SSSR count). The highest BCUT2D eigenvalue weighted by molar-refractivity contribution is 6.30. The molecule has 1 saturated heterocycles. The number of benzene rings is 1. The Kier molecular flexibility index (Phi) is 2.60. The van der Waals surface area contributed by atoms with Crippen molar-refractivity contribution < 1.29 is 9.90 Å². The third kappa shape index (κ3) is 2.05. The molecule has 1 aromatic carbocycles. The van der Waals surface area contributed by atoms with Crippen LogP contribution >= 0.6 is 11.6 Å².